The molecule has 1 atom stereocenters. The lowest BCUT2D eigenvalue weighted by Gasteiger charge is -2.13. The van der Waals surface area contributed by atoms with Gasteiger partial charge in [0.05, 0.1) is 12.7 Å². The summed E-state index contributed by atoms with van der Waals surface area (Å²) in [5, 5.41) is 3.42. The monoisotopic (exact) mass is 231 g/mol. The molecule has 0 spiro atoms. The molecule has 1 unspecified atom stereocenters. The molecule has 1 aromatic rings. The zero-order chi connectivity index (χ0) is 11.3. The summed E-state index contributed by atoms with van der Waals surface area (Å²) in [7, 11) is 1.87. The van der Waals surface area contributed by atoms with Crippen molar-refractivity contribution >= 4 is 11.6 Å². The van der Waals surface area contributed by atoms with Gasteiger partial charge in [-0.2, -0.15) is 0 Å². The number of hydrogen-bond donors (Lipinski definition) is 1. The van der Waals surface area contributed by atoms with Crippen molar-refractivity contribution in [2.45, 2.75) is 19.6 Å². The molecule has 0 fully saturated rings. The molecule has 0 aliphatic carbocycles. The molecule has 0 radical (unpaired) electrons. The highest BCUT2D eigenvalue weighted by atomic mass is 35.5. The second-order valence-electron chi connectivity index (χ2n) is 3.42. The number of nitrogens with one attached hydrogen (secondary N) is 1. The molecule has 1 aromatic carbocycles. The summed E-state index contributed by atoms with van der Waals surface area (Å²) < 4.78 is 18.3. The van der Waals surface area contributed by atoms with Crippen LogP contribution in [0.15, 0.2) is 18.2 Å². The summed E-state index contributed by atoms with van der Waals surface area (Å²) in [5.41, 5.74) is 0.806. The third-order valence-corrected chi connectivity index (χ3v) is 2.38. The van der Waals surface area contributed by atoms with E-state index in [0.29, 0.717) is 11.6 Å². The number of ether oxygens (including phenoxy) is 1. The maximum Gasteiger partial charge on any atom is 0.124 e. The van der Waals surface area contributed by atoms with Gasteiger partial charge in [0.1, 0.15) is 5.82 Å². The predicted octanol–water partition coefficient (Wildman–Crippen LogP) is 2.60. The first-order chi connectivity index (χ1) is 7.13. The topological polar surface area (TPSA) is 21.3 Å². The standard InChI is InChI=1S/C11H15ClFNO/c1-8(6-14-2)15-7-9-3-4-10(13)5-11(9)12/h3-5,8,14H,6-7H2,1-2H3. The summed E-state index contributed by atoms with van der Waals surface area (Å²) in [6.07, 6.45) is 0.108. The van der Waals surface area contributed by atoms with Gasteiger partial charge in [-0.1, -0.05) is 17.7 Å². The van der Waals surface area contributed by atoms with Gasteiger partial charge in [0.25, 0.3) is 0 Å². The van der Waals surface area contributed by atoms with E-state index in [9.17, 15) is 4.39 Å². The van der Waals surface area contributed by atoms with Gasteiger partial charge in [-0.3, -0.25) is 0 Å². The zero-order valence-electron chi connectivity index (χ0n) is 8.89. The lowest BCUT2D eigenvalue weighted by molar-refractivity contribution is 0.0545. The molecule has 1 N–H and O–H groups in total. The number of rotatable bonds is 5. The molecule has 4 heteroatoms. The van der Waals surface area contributed by atoms with Crippen LogP contribution in [0, 0.1) is 5.82 Å². The summed E-state index contributed by atoms with van der Waals surface area (Å²) in [6, 6.07) is 4.32. The molecule has 0 saturated carbocycles. The highest BCUT2D eigenvalue weighted by Crippen LogP contribution is 2.18. The van der Waals surface area contributed by atoms with Crippen molar-refractivity contribution in [3.63, 3.8) is 0 Å². The van der Waals surface area contributed by atoms with Crippen LogP contribution in [0.4, 0.5) is 4.39 Å². The summed E-state index contributed by atoms with van der Waals surface area (Å²) in [6.45, 7) is 3.15. The van der Waals surface area contributed by atoms with Crippen LogP contribution in [-0.4, -0.2) is 19.7 Å². The molecular formula is C11H15ClFNO. The van der Waals surface area contributed by atoms with Crippen LogP contribution in [0.5, 0.6) is 0 Å². The van der Waals surface area contributed by atoms with Gasteiger partial charge in [0.2, 0.25) is 0 Å². The normalized spacial score (nSPS) is 12.8. The fourth-order valence-electron chi connectivity index (χ4n) is 1.22. The molecule has 1 rings (SSSR count). The molecule has 0 bridgehead atoms. The number of likely N-dealkylation sites (N-methyl/N-ethyl adjacent to an activating group) is 1. The van der Waals surface area contributed by atoms with Crippen LogP contribution in [-0.2, 0) is 11.3 Å². The van der Waals surface area contributed by atoms with E-state index in [0.717, 1.165) is 12.1 Å². The largest absolute Gasteiger partial charge is 0.372 e. The van der Waals surface area contributed by atoms with E-state index >= 15 is 0 Å². The van der Waals surface area contributed by atoms with E-state index < -0.39 is 0 Å². The van der Waals surface area contributed by atoms with Gasteiger partial charge in [0.15, 0.2) is 0 Å². The van der Waals surface area contributed by atoms with E-state index in [1.165, 1.54) is 12.1 Å². The minimum atomic E-state index is -0.327. The fraction of sp³-hybridized carbons (Fsp3) is 0.455. The molecule has 15 heavy (non-hydrogen) atoms. The second kappa shape index (κ2) is 6.05. The highest BCUT2D eigenvalue weighted by molar-refractivity contribution is 6.31. The number of halogens is 2. The Hall–Kier alpha value is -0.640. The summed E-state index contributed by atoms with van der Waals surface area (Å²) >= 11 is 5.85. The van der Waals surface area contributed by atoms with Crippen molar-refractivity contribution in [3.8, 4) is 0 Å². The first kappa shape index (κ1) is 12.4. The molecule has 0 amide bonds. The first-order valence-corrected chi connectivity index (χ1v) is 5.21. The molecule has 0 aliphatic heterocycles. The molecule has 84 valence electrons. The van der Waals surface area contributed by atoms with Gasteiger partial charge < -0.3 is 10.1 Å². The number of benzene rings is 1. The maximum atomic E-state index is 12.7. The van der Waals surface area contributed by atoms with E-state index in [1.54, 1.807) is 6.07 Å². The van der Waals surface area contributed by atoms with Crippen LogP contribution in [0.25, 0.3) is 0 Å². The number of hydrogen-bond acceptors (Lipinski definition) is 2. The average Bonchev–Trinajstić information content (AvgIpc) is 2.17. The fourth-order valence-corrected chi connectivity index (χ4v) is 1.44. The van der Waals surface area contributed by atoms with Gasteiger partial charge in [0, 0.05) is 11.6 Å². The molecule has 0 aliphatic rings. The molecule has 0 heterocycles. The summed E-state index contributed by atoms with van der Waals surface area (Å²) in [5.74, 6) is -0.327. The third kappa shape index (κ3) is 4.16. The summed E-state index contributed by atoms with van der Waals surface area (Å²) in [4.78, 5) is 0. The van der Waals surface area contributed by atoms with Gasteiger partial charge in [-0.25, -0.2) is 4.39 Å². The smallest absolute Gasteiger partial charge is 0.124 e. The Morgan fingerprint density at radius 3 is 2.87 bits per heavy atom. The van der Waals surface area contributed by atoms with Gasteiger partial charge in [-0.15, -0.1) is 0 Å². The lowest BCUT2D eigenvalue weighted by Crippen LogP contribution is -2.23. The van der Waals surface area contributed by atoms with E-state index in [2.05, 4.69) is 5.32 Å². The highest BCUT2D eigenvalue weighted by Gasteiger charge is 2.05. The van der Waals surface area contributed by atoms with Crippen LogP contribution in [0.2, 0.25) is 5.02 Å². The zero-order valence-corrected chi connectivity index (χ0v) is 9.64. The second-order valence-corrected chi connectivity index (χ2v) is 3.82. The van der Waals surface area contributed by atoms with Crippen molar-refractivity contribution in [1.29, 1.82) is 0 Å². The minimum absolute atomic E-state index is 0.108. The Labute approximate surface area is 94.4 Å². The Bertz CT molecular complexity index is 319. The lowest BCUT2D eigenvalue weighted by atomic mass is 10.2. The molecular weight excluding hydrogens is 217 g/mol. The third-order valence-electron chi connectivity index (χ3n) is 2.03. The quantitative estimate of drug-likeness (QED) is 0.841. The van der Waals surface area contributed by atoms with Crippen LogP contribution < -0.4 is 5.32 Å². The SMILES string of the molecule is CNCC(C)OCc1ccc(F)cc1Cl. The maximum absolute atomic E-state index is 12.7. The van der Waals surface area contributed by atoms with Crippen LogP contribution in [0.3, 0.4) is 0 Å². The van der Waals surface area contributed by atoms with Gasteiger partial charge in [-0.05, 0) is 31.7 Å². The van der Waals surface area contributed by atoms with E-state index in [-0.39, 0.29) is 11.9 Å². The minimum Gasteiger partial charge on any atom is -0.372 e. The Kier molecular flexibility index (Phi) is 5.02. The Morgan fingerprint density at radius 2 is 2.27 bits per heavy atom. The van der Waals surface area contributed by atoms with Crippen LogP contribution in [0.1, 0.15) is 12.5 Å². The van der Waals surface area contributed by atoms with Crippen LogP contribution >= 0.6 is 11.6 Å². The predicted molar refractivity (Wildman–Crippen MR) is 59.6 cm³/mol. The van der Waals surface area contributed by atoms with E-state index in [1.807, 2.05) is 14.0 Å². The van der Waals surface area contributed by atoms with E-state index in [4.69, 9.17) is 16.3 Å². The van der Waals surface area contributed by atoms with Crippen molar-refractivity contribution in [1.82, 2.24) is 5.32 Å². The van der Waals surface area contributed by atoms with Crippen molar-refractivity contribution in [2.24, 2.45) is 0 Å². The Balaban J connectivity index is 2.50. The van der Waals surface area contributed by atoms with Crippen molar-refractivity contribution < 1.29 is 9.13 Å². The first-order valence-electron chi connectivity index (χ1n) is 4.83. The molecule has 0 saturated heterocycles. The molecule has 2 nitrogen and oxygen atoms in total. The van der Waals surface area contributed by atoms with Gasteiger partial charge >= 0.3 is 0 Å². The Morgan fingerprint density at radius 1 is 1.53 bits per heavy atom. The molecule has 0 aromatic heterocycles. The van der Waals surface area contributed by atoms with Crippen molar-refractivity contribution in [3.05, 3.63) is 34.6 Å². The van der Waals surface area contributed by atoms with Crippen molar-refractivity contribution in [2.75, 3.05) is 13.6 Å². The average molecular weight is 232 g/mol.